The average molecular weight is 668 g/mol. The molecule has 3 heteroatoms. The number of rotatable bonds is 4. The summed E-state index contributed by atoms with van der Waals surface area (Å²) in [5, 5.41) is 6.83. The number of furan rings is 2. The molecule has 0 spiro atoms. The highest BCUT2D eigenvalue weighted by atomic mass is 16.3. The van der Waals surface area contributed by atoms with Gasteiger partial charge < -0.3 is 13.7 Å². The number of anilines is 3. The molecule has 8 aromatic carbocycles. The van der Waals surface area contributed by atoms with Crippen molar-refractivity contribution in [1.82, 2.24) is 0 Å². The third kappa shape index (κ3) is 4.08. The van der Waals surface area contributed by atoms with E-state index in [1.807, 2.05) is 12.1 Å². The van der Waals surface area contributed by atoms with Crippen LogP contribution in [0.2, 0.25) is 0 Å². The van der Waals surface area contributed by atoms with Crippen LogP contribution in [0.4, 0.5) is 17.1 Å². The predicted octanol–water partition coefficient (Wildman–Crippen LogP) is 14.1. The third-order valence-electron chi connectivity index (χ3n) is 11.3. The molecule has 2 aromatic heterocycles. The van der Waals surface area contributed by atoms with E-state index < -0.39 is 0 Å². The Hall–Kier alpha value is -6.58. The lowest BCUT2D eigenvalue weighted by atomic mass is 9.82. The lowest BCUT2D eigenvalue weighted by molar-refractivity contribution is 0.660. The Morgan fingerprint density at radius 2 is 1.10 bits per heavy atom. The summed E-state index contributed by atoms with van der Waals surface area (Å²) in [4.78, 5) is 2.39. The van der Waals surface area contributed by atoms with Gasteiger partial charge in [0.2, 0.25) is 0 Å². The smallest absolute Gasteiger partial charge is 0.143 e. The molecule has 0 unspecified atom stereocenters. The van der Waals surface area contributed by atoms with Gasteiger partial charge in [-0.2, -0.15) is 0 Å². The second-order valence-corrected chi connectivity index (χ2v) is 14.5. The number of fused-ring (bicyclic) bond motifs is 11. The van der Waals surface area contributed by atoms with Gasteiger partial charge in [-0.25, -0.2) is 0 Å². The Labute approximate surface area is 301 Å². The standard InChI is InChI=1S/C49H33NO2/c1-49(2)41-17-7-5-14-40(41)46-42(49)18-10-19-43(46)50(33-26-28-37-36-13-6-8-20-44(36)51-45(37)29-33)32-24-21-31(22-25-32)35-15-9-16-38-39-27-23-30-11-3-4-12-34(30)48(39)52-47(35)38/h3-29H,1-2H3. The van der Waals surface area contributed by atoms with Crippen LogP contribution in [0.25, 0.3) is 76.9 Å². The fraction of sp³-hybridized carbons (Fsp3) is 0.0612. The Balaban J connectivity index is 1.10. The first-order chi connectivity index (χ1) is 25.5. The Bertz CT molecular complexity index is 3050. The molecule has 1 aliphatic rings. The zero-order chi connectivity index (χ0) is 34.6. The van der Waals surface area contributed by atoms with Gasteiger partial charge in [-0.1, -0.05) is 129 Å². The topological polar surface area (TPSA) is 29.5 Å². The van der Waals surface area contributed by atoms with E-state index in [4.69, 9.17) is 8.83 Å². The van der Waals surface area contributed by atoms with Crippen LogP contribution in [0.5, 0.6) is 0 Å². The number of hydrogen-bond acceptors (Lipinski definition) is 3. The van der Waals surface area contributed by atoms with Gasteiger partial charge in [0.15, 0.2) is 0 Å². The molecule has 11 rings (SSSR count). The Morgan fingerprint density at radius 1 is 0.442 bits per heavy atom. The third-order valence-corrected chi connectivity index (χ3v) is 11.3. The molecule has 0 amide bonds. The predicted molar refractivity (Wildman–Crippen MR) is 216 cm³/mol. The fourth-order valence-electron chi connectivity index (χ4n) is 8.75. The summed E-state index contributed by atoms with van der Waals surface area (Å²) in [5.74, 6) is 0. The molecule has 10 aromatic rings. The molecule has 0 radical (unpaired) electrons. The van der Waals surface area contributed by atoms with E-state index in [0.29, 0.717) is 0 Å². The van der Waals surface area contributed by atoms with E-state index in [2.05, 4.69) is 170 Å². The molecule has 2 heterocycles. The molecule has 0 saturated carbocycles. The molecule has 0 atom stereocenters. The molecule has 0 N–H and O–H groups in total. The highest BCUT2D eigenvalue weighted by molar-refractivity contribution is 6.17. The summed E-state index contributed by atoms with van der Waals surface area (Å²) < 4.78 is 13.1. The van der Waals surface area contributed by atoms with Crippen molar-refractivity contribution < 1.29 is 8.83 Å². The fourth-order valence-corrected chi connectivity index (χ4v) is 8.75. The van der Waals surface area contributed by atoms with Gasteiger partial charge in [-0.05, 0) is 70.1 Å². The SMILES string of the molecule is CC1(C)c2ccccc2-c2c(N(c3ccc(-c4cccc5c4oc4c6ccccc6ccc54)cc3)c3ccc4c(c3)oc3ccccc34)cccc21. The summed E-state index contributed by atoms with van der Waals surface area (Å²) in [6, 6.07) is 58.7. The summed E-state index contributed by atoms with van der Waals surface area (Å²) in [7, 11) is 0. The maximum atomic E-state index is 6.72. The minimum Gasteiger partial charge on any atom is -0.456 e. The first-order valence-corrected chi connectivity index (χ1v) is 17.9. The van der Waals surface area contributed by atoms with Crippen LogP contribution in [0.1, 0.15) is 25.0 Å². The quantitative estimate of drug-likeness (QED) is 0.187. The van der Waals surface area contributed by atoms with Crippen LogP contribution < -0.4 is 4.90 Å². The normalized spacial score (nSPS) is 13.3. The highest BCUT2D eigenvalue weighted by Gasteiger charge is 2.37. The lowest BCUT2D eigenvalue weighted by Gasteiger charge is -2.29. The second-order valence-electron chi connectivity index (χ2n) is 14.5. The van der Waals surface area contributed by atoms with Crippen molar-refractivity contribution in [2.45, 2.75) is 19.3 Å². The van der Waals surface area contributed by atoms with E-state index in [9.17, 15) is 0 Å². The van der Waals surface area contributed by atoms with Crippen molar-refractivity contribution in [1.29, 1.82) is 0 Å². The molecule has 0 fully saturated rings. The maximum absolute atomic E-state index is 6.72. The van der Waals surface area contributed by atoms with Gasteiger partial charge in [0.25, 0.3) is 0 Å². The number of nitrogens with zero attached hydrogens (tertiary/aromatic N) is 1. The van der Waals surface area contributed by atoms with Crippen LogP contribution in [-0.4, -0.2) is 0 Å². The Morgan fingerprint density at radius 3 is 2.00 bits per heavy atom. The molecule has 1 aliphatic carbocycles. The van der Waals surface area contributed by atoms with Crippen molar-refractivity contribution in [2.24, 2.45) is 0 Å². The van der Waals surface area contributed by atoms with Gasteiger partial charge in [-0.15, -0.1) is 0 Å². The van der Waals surface area contributed by atoms with Crippen molar-refractivity contribution in [2.75, 3.05) is 4.90 Å². The first kappa shape index (κ1) is 29.2. The van der Waals surface area contributed by atoms with Crippen LogP contribution in [0.15, 0.2) is 173 Å². The summed E-state index contributed by atoms with van der Waals surface area (Å²) in [6.07, 6.45) is 0. The van der Waals surface area contributed by atoms with Gasteiger partial charge in [0.1, 0.15) is 22.3 Å². The zero-order valence-electron chi connectivity index (χ0n) is 28.9. The largest absolute Gasteiger partial charge is 0.456 e. The molecule has 52 heavy (non-hydrogen) atoms. The molecular formula is C49H33NO2. The lowest BCUT2D eigenvalue weighted by Crippen LogP contribution is -2.16. The van der Waals surface area contributed by atoms with Crippen molar-refractivity contribution in [3.8, 4) is 22.3 Å². The van der Waals surface area contributed by atoms with E-state index in [0.717, 1.165) is 77.5 Å². The summed E-state index contributed by atoms with van der Waals surface area (Å²) >= 11 is 0. The second kappa shape index (κ2) is 10.7. The van der Waals surface area contributed by atoms with Crippen molar-refractivity contribution in [3.05, 3.63) is 175 Å². The number of para-hydroxylation sites is 2. The number of hydrogen-bond donors (Lipinski definition) is 0. The first-order valence-electron chi connectivity index (χ1n) is 17.9. The average Bonchev–Trinajstić information content (AvgIpc) is 3.83. The van der Waals surface area contributed by atoms with Gasteiger partial charge in [0, 0.05) is 60.9 Å². The molecular weight excluding hydrogens is 635 g/mol. The monoisotopic (exact) mass is 667 g/mol. The van der Waals surface area contributed by atoms with Gasteiger partial charge >= 0.3 is 0 Å². The van der Waals surface area contributed by atoms with Crippen molar-refractivity contribution in [3.63, 3.8) is 0 Å². The van der Waals surface area contributed by atoms with Gasteiger partial charge in [0.05, 0.1) is 5.69 Å². The van der Waals surface area contributed by atoms with Crippen LogP contribution in [0, 0.1) is 0 Å². The van der Waals surface area contributed by atoms with Crippen LogP contribution >= 0.6 is 0 Å². The molecule has 0 saturated heterocycles. The summed E-state index contributed by atoms with van der Waals surface area (Å²) in [6.45, 7) is 4.67. The Kier molecular flexibility index (Phi) is 6.01. The molecule has 3 nitrogen and oxygen atoms in total. The highest BCUT2D eigenvalue weighted by Crippen LogP contribution is 2.54. The van der Waals surface area contributed by atoms with E-state index >= 15 is 0 Å². The summed E-state index contributed by atoms with van der Waals surface area (Å²) in [5.41, 5.74) is 14.2. The minimum atomic E-state index is -0.114. The van der Waals surface area contributed by atoms with E-state index in [1.165, 1.54) is 27.6 Å². The number of benzene rings is 8. The molecule has 0 bridgehead atoms. The van der Waals surface area contributed by atoms with Crippen LogP contribution in [0.3, 0.4) is 0 Å². The molecule has 0 aliphatic heterocycles. The minimum absolute atomic E-state index is 0.114. The molecule has 246 valence electrons. The van der Waals surface area contributed by atoms with Gasteiger partial charge in [-0.3, -0.25) is 0 Å². The van der Waals surface area contributed by atoms with Crippen LogP contribution in [-0.2, 0) is 5.41 Å². The van der Waals surface area contributed by atoms with Crippen molar-refractivity contribution >= 4 is 71.7 Å². The zero-order valence-corrected chi connectivity index (χ0v) is 28.9. The van der Waals surface area contributed by atoms with E-state index in [-0.39, 0.29) is 5.41 Å². The van der Waals surface area contributed by atoms with E-state index in [1.54, 1.807) is 0 Å². The maximum Gasteiger partial charge on any atom is 0.143 e.